The fourth-order valence-electron chi connectivity index (χ4n) is 4.63. The number of aliphatic hydroxyl groups is 1. The van der Waals surface area contributed by atoms with Gasteiger partial charge in [0.1, 0.15) is 12.2 Å². The molecular weight excluding hydrogens is 546 g/mol. The molecule has 1 heterocycles. The molecule has 1 amide bonds. The van der Waals surface area contributed by atoms with Gasteiger partial charge >= 0.3 is 6.09 Å². The van der Waals surface area contributed by atoms with E-state index < -0.39 is 42.3 Å². The summed E-state index contributed by atoms with van der Waals surface area (Å²) in [5.74, 6) is 0. The van der Waals surface area contributed by atoms with Crippen molar-refractivity contribution in [2.75, 3.05) is 13.2 Å². The minimum absolute atomic E-state index is 0.0531. The van der Waals surface area contributed by atoms with Crippen LogP contribution in [0.15, 0.2) is 59.5 Å². The van der Waals surface area contributed by atoms with Crippen molar-refractivity contribution in [3.8, 4) is 0 Å². The van der Waals surface area contributed by atoms with E-state index in [0.717, 1.165) is 11.1 Å². The molecule has 222 valence electrons. The van der Waals surface area contributed by atoms with Crippen LogP contribution >= 0.6 is 0 Å². The molecule has 40 heavy (non-hydrogen) atoms. The summed E-state index contributed by atoms with van der Waals surface area (Å²) in [5, 5.41) is 11.8. The number of hydrogen-bond acceptors (Lipinski definition) is 7. The van der Waals surface area contributed by atoms with E-state index >= 15 is 0 Å². The second kappa shape index (κ2) is 12.7. The van der Waals surface area contributed by atoms with Gasteiger partial charge in [0, 0.05) is 6.54 Å². The standard InChI is InChI=1S/C30H45NO7SSi/c1-23-15-17-25(18-16-23)39(34,35)37-21-11-14-26-30(5,33)27(38-40(6,7)29(2,3)4)19-20-31(26)28(32)36-22-24-12-9-8-10-13-24/h8-10,12-13,15-18,26-27,33H,11,14,19-22H2,1-7H3/t26-,27+,30+/m0/s1. The van der Waals surface area contributed by atoms with Crippen LogP contribution in [-0.4, -0.2) is 63.7 Å². The molecule has 10 heteroatoms. The van der Waals surface area contributed by atoms with Gasteiger partial charge in [-0.05, 0) is 68.9 Å². The molecule has 1 aliphatic heterocycles. The Balaban J connectivity index is 1.74. The van der Waals surface area contributed by atoms with Crippen LogP contribution in [0.1, 0.15) is 58.1 Å². The molecule has 2 aromatic carbocycles. The third-order valence-electron chi connectivity index (χ3n) is 8.19. The summed E-state index contributed by atoms with van der Waals surface area (Å²) >= 11 is 0. The maximum atomic E-state index is 13.3. The Morgan fingerprint density at radius 3 is 2.33 bits per heavy atom. The Morgan fingerprint density at radius 2 is 1.73 bits per heavy atom. The van der Waals surface area contributed by atoms with Crippen LogP contribution in [0.25, 0.3) is 0 Å². The largest absolute Gasteiger partial charge is 0.445 e. The van der Waals surface area contributed by atoms with Gasteiger partial charge in [0.2, 0.25) is 0 Å². The number of benzene rings is 2. The first kappa shape index (κ1) is 32.3. The van der Waals surface area contributed by atoms with Gasteiger partial charge in [-0.2, -0.15) is 8.42 Å². The lowest BCUT2D eigenvalue weighted by Crippen LogP contribution is -2.66. The van der Waals surface area contributed by atoms with Gasteiger partial charge in [-0.3, -0.25) is 4.18 Å². The highest BCUT2D eigenvalue weighted by Gasteiger charge is 2.52. The molecule has 1 saturated heterocycles. The van der Waals surface area contributed by atoms with Gasteiger partial charge in [-0.25, -0.2) is 4.79 Å². The van der Waals surface area contributed by atoms with Crippen molar-refractivity contribution in [3.05, 3.63) is 65.7 Å². The number of carbonyl (C=O) groups is 1. The quantitative estimate of drug-likeness (QED) is 0.204. The average molecular weight is 592 g/mol. The lowest BCUT2D eigenvalue weighted by atomic mass is 9.81. The van der Waals surface area contributed by atoms with Gasteiger partial charge in [0.25, 0.3) is 10.1 Å². The maximum absolute atomic E-state index is 13.3. The number of nitrogens with zero attached hydrogens (tertiary/aromatic N) is 1. The first-order valence-corrected chi connectivity index (χ1v) is 18.2. The minimum atomic E-state index is -3.92. The summed E-state index contributed by atoms with van der Waals surface area (Å²) in [6.07, 6.45) is 0.0892. The first-order chi connectivity index (χ1) is 18.5. The summed E-state index contributed by atoms with van der Waals surface area (Å²) in [5.41, 5.74) is 0.437. The molecule has 0 radical (unpaired) electrons. The highest BCUT2D eigenvalue weighted by Crippen LogP contribution is 2.42. The molecule has 0 bridgehead atoms. The molecule has 3 rings (SSSR count). The third-order valence-corrected chi connectivity index (χ3v) is 14.0. The second-order valence-corrected chi connectivity index (χ2v) is 18.7. The number of hydrogen-bond donors (Lipinski definition) is 1. The van der Waals surface area contributed by atoms with Crippen molar-refractivity contribution in [1.29, 1.82) is 0 Å². The zero-order valence-electron chi connectivity index (χ0n) is 24.8. The Kier molecular flexibility index (Phi) is 10.3. The normalized spacial score (nSPS) is 22.2. The van der Waals surface area contributed by atoms with Gasteiger partial charge in [-0.15, -0.1) is 0 Å². The maximum Gasteiger partial charge on any atom is 0.410 e. The van der Waals surface area contributed by atoms with E-state index in [0.29, 0.717) is 25.8 Å². The zero-order valence-corrected chi connectivity index (χ0v) is 26.7. The van der Waals surface area contributed by atoms with Crippen LogP contribution < -0.4 is 0 Å². The smallest absolute Gasteiger partial charge is 0.410 e. The van der Waals surface area contributed by atoms with E-state index in [1.54, 1.807) is 24.0 Å². The zero-order chi connectivity index (χ0) is 29.8. The Bertz CT molecular complexity index is 1220. The van der Waals surface area contributed by atoms with Crippen molar-refractivity contribution in [1.82, 2.24) is 4.90 Å². The molecule has 8 nitrogen and oxygen atoms in total. The van der Waals surface area contributed by atoms with Crippen molar-refractivity contribution in [3.63, 3.8) is 0 Å². The lowest BCUT2D eigenvalue weighted by molar-refractivity contribution is -0.136. The molecule has 0 saturated carbocycles. The Hall–Kier alpha value is -2.24. The average Bonchev–Trinajstić information content (AvgIpc) is 2.87. The SMILES string of the molecule is Cc1ccc(S(=O)(=O)OCCC[C@@H]2N(C(=O)OCc3ccccc3)CC[C@@H](O[Si](C)(C)C(C)(C)C)[C@]2(C)O)cc1. The van der Waals surface area contributed by atoms with E-state index in [-0.39, 0.29) is 23.1 Å². The number of aryl methyl sites for hydroxylation is 1. The molecule has 0 aromatic heterocycles. The van der Waals surface area contributed by atoms with Crippen LogP contribution in [0.2, 0.25) is 18.1 Å². The van der Waals surface area contributed by atoms with Crippen molar-refractivity contribution in [2.24, 2.45) is 0 Å². The molecule has 1 fully saturated rings. The topological polar surface area (TPSA) is 102 Å². The van der Waals surface area contributed by atoms with Crippen molar-refractivity contribution < 1.29 is 31.7 Å². The number of ether oxygens (including phenoxy) is 1. The molecule has 1 aliphatic rings. The summed E-state index contributed by atoms with van der Waals surface area (Å²) in [7, 11) is -6.14. The fraction of sp³-hybridized carbons (Fsp3) is 0.567. The molecule has 3 atom stereocenters. The molecule has 0 spiro atoms. The number of likely N-dealkylation sites (tertiary alicyclic amines) is 1. The van der Waals surface area contributed by atoms with Crippen LogP contribution in [-0.2, 0) is 30.1 Å². The molecule has 0 unspecified atom stereocenters. The molecule has 0 aliphatic carbocycles. The summed E-state index contributed by atoms with van der Waals surface area (Å²) in [4.78, 5) is 14.9. The van der Waals surface area contributed by atoms with Crippen LogP contribution in [0, 0.1) is 6.92 Å². The minimum Gasteiger partial charge on any atom is -0.445 e. The second-order valence-electron chi connectivity index (χ2n) is 12.4. The Morgan fingerprint density at radius 1 is 1.10 bits per heavy atom. The fourth-order valence-corrected chi connectivity index (χ4v) is 7.00. The number of carbonyl (C=O) groups excluding carboxylic acids is 1. The van der Waals surface area contributed by atoms with Crippen LogP contribution in [0.3, 0.4) is 0 Å². The van der Waals surface area contributed by atoms with Gasteiger partial charge in [0.15, 0.2) is 8.32 Å². The number of rotatable bonds is 10. The summed E-state index contributed by atoms with van der Waals surface area (Å²) < 4.78 is 42.9. The predicted molar refractivity (Wildman–Crippen MR) is 158 cm³/mol. The molecule has 1 N–H and O–H groups in total. The monoisotopic (exact) mass is 591 g/mol. The van der Waals surface area contributed by atoms with Crippen molar-refractivity contribution >= 4 is 24.5 Å². The number of amides is 1. The van der Waals surface area contributed by atoms with E-state index in [1.165, 1.54) is 12.1 Å². The van der Waals surface area contributed by atoms with Gasteiger partial charge < -0.3 is 19.2 Å². The summed E-state index contributed by atoms with van der Waals surface area (Å²) in [6.45, 7) is 14.7. The molecular formula is C30H45NO7SSi. The van der Waals surface area contributed by atoms with Gasteiger partial charge in [0.05, 0.1) is 23.6 Å². The lowest BCUT2D eigenvalue weighted by Gasteiger charge is -2.52. The summed E-state index contributed by atoms with van der Waals surface area (Å²) in [6, 6.07) is 15.2. The van der Waals surface area contributed by atoms with Crippen molar-refractivity contribution in [2.45, 2.75) is 101 Å². The van der Waals surface area contributed by atoms with Crippen LogP contribution in [0.5, 0.6) is 0 Å². The highest BCUT2D eigenvalue weighted by atomic mass is 32.2. The first-order valence-electron chi connectivity index (χ1n) is 13.9. The Labute approximate surface area is 240 Å². The van der Waals surface area contributed by atoms with E-state index in [9.17, 15) is 18.3 Å². The van der Waals surface area contributed by atoms with E-state index in [2.05, 4.69) is 33.9 Å². The van der Waals surface area contributed by atoms with Crippen LogP contribution in [0.4, 0.5) is 4.79 Å². The van der Waals surface area contributed by atoms with E-state index in [1.807, 2.05) is 37.3 Å². The number of piperidine rings is 1. The van der Waals surface area contributed by atoms with E-state index in [4.69, 9.17) is 13.3 Å². The third kappa shape index (κ3) is 7.94. The predicted octanol–water partition coefficient (Wildman–Crippen LogP) is 6.03. The van der Waals surface area contributed by atoms with Gasteiger partial charge in [-0.1, -0.05) is 68.8 Å². The highest BCUT2D eigenvalue weighted by molar-refractivity contribution is 7.86. The molecule has 2 aromatic rings.